The minimum Gasteiger partial charge on any atom is -0.346 e. The average Bonchev–Trinajstić information content (AvgIpc) is 2.61. The van der Waals surface area contributed by atoms with Crippen molar-refractivity contribution in [1.29, 1.82) is 0 Å². The highest BCUT2D eigenvalue weighted by molar-refractivity contribution is 5.58. The van der Waals surface area contributed by atoms with Crippen molar-refractivity contribution in [3.63, 3.8) is 0 Å². The smallest absolute Gasteiger partial charge is 0.331 e. The van der Waals surface area contributed by atoms with E-state index in [0.29, 0.717) is 5.82 Å². The Balaban J connectivity index is 2.37. The van der Waals surface area contributed by atoms with E-state index in [4.69, 9.17) is 0 Å². The molecule has 0 aromatic carbocycles. The molecule has 0 radical (unpaired) electrons. The van der Waals surface area contributed by atoms with Crippen molar-refractivity contribution in [2.45, 2.75) is 13.0 Å². The van der Waals surface area contributed by atoms with Crippen molar-refractivity contribution < 1.29 is 4.92 Å². The van der Waals surface area contributed by atoms with Crippen LogP contribution in [0, 0.1) is 10.1 Å². The number of anilines is 1. The summed E-state index contributed by atoms with van der Waals surface area (Å²) in [6, 6.07) is 0.239. The average molecular weight is 225 g/mol. The molecule has 1 aromatic rings. The maximum Gasteiger partial charge on any atom is 0.331 e. The minimum absolute atomic E-state index is 0.0799. The van der Waals surface area contributed by atoms with Crippen LogP contribution >= 0.6 is 0 Å². The molecule has 7 heteroatoms. The van der Waals surface area contributed by atoms with E-state index in [-0.39, 0.29) is 16.7 Å². The Morgan fingerprint density at radius 3 is 3.06 bits per heavy atom. The lowest BCUT2D eigenvalue weighted by Crippen LogP contribution is -2.50. The predicted molar refractivity (Wildman–Crippen MR) is 59.5 cm³/mol. The Morgan fingerprint density at radius 1 is 1.69 bits per heavy atom. The van der Waals surface area contributed by atoms with Gasteiger partial charge in [0.25, 0.3) is 0 Å². The van der Waals surface area contributed by atoms with Gasteiger partial charge < -0.3 is 10.2 Å². The molecule has 1 N–H and O–H groups in total. The first-order chi connectivity index (χ1) is 7.61. The number of hydrogen-bond donors (Lipinski definition) is 1. The monoisotopic (exact) mass is 225 g/mol. The van der Waals surface area contributed by atoms with Crippen LogP contribution in [0.5, 0.6) is 0 Å². The summed E-state index contributed by atoms with van der Waals surface area (Å²) in [5.74, 6) is 0.596. The molecule has 0 unspecified atom stereocenters. The molecule has 0 amide bonds. The Kier molecular flexibility index (Phi) is 2.78. The third kappa shape index (κ3) is 1.73. The van der Waals surface area contributed by atoms with Gasteiger partial charge in [-0.05, 0) is 6.92 Å². The molecule has 88 valence electrons. The zero-order chi connectivity index (χ0) is 11.7. The van der Waals surface area contributed by atoms with Crippen molar-refractivity contribution in [3.05, 3.63) is 16.3 Å². The summed E-state index contributed by atoms with van der Waals surface area (Å²) in [6.07, 6.45) is 1.31. The molecule has 1 atom stereocenters. The lowest BCUT2D eigenvalue weighted by molar-refractivity contribution is -0.384. The SMILES string of the molecule is C[C@H]1CNCCN1c1c([N+](=O)[O-])cnn1C. The van der Waals surface area contributed by atoms with E-state index in [1.54, 1.807) is 11.7 Å². The molecule has 1 saturated heterocycles. The number of nitrogens with zero attached hydrogens (tertiary/aromatic N) is 4. The molecule has 1 aromatic heterocycles. The molecule has 0 bridgehead atoms. The van der Waals surface area contributed by atoms with Gasteiger partial charge in [-0.3, -0.25) is 10.1 Å². The molecular formula is C9H15N5O2. The van der Waals surface area contributed by atoms with Gasteiger partial charge in [0, 0.05) is 32.7 Å². The first-order valence-electron chi connectivity index (χ1n) is 5.25. The summed E-state index contributed by atoms with van der Waals surface area (Å²) in [6.45, 7) is 4.49. The number of aromatic nitrogens is 2. The lowest BCUT2D eigenvalue weighted by atomic mass is 10.2. The van der Waals surface area contributed by atoms with Crippen molar-refractivity contribution in [1.82, 2.24) is 15.1 Å². The fraction of sp³-hybridized carbons (Fsp3) is 0.667. The Bertz CT molecular complexity index is 403. The van der Waals surface area contributed by atoms with Gasteiger partial charge in [-0.15, -0.1) is 0 Å². The first-order valence-corrected chi connectivity index (χ1v) is 5.25. The standard InChI is InChI=1S/C9H15N5O2/c1-7-5-10-3-4-13(7)9-8(14(15)16)6-11-12(9)2/h6-7,10H,3-5H2,1-2H3/t7-/m0/s1. The summed E-state index contributed by atoms with van der Waals surface area (Å²) in [5.41, 5.74) is 0.0799. The number of nitrogens with one attached hydrogen (secondary N) is 1. The van der Waals surface area contributed by atoms with E-state index in [0.717, 1.165) is 19.6 Å². The van der Waals surface area contributed by atoms with Crippen molar-refractivity contribution in [2.24, 2.45) is 7.05 Å². The van der Waals surface area contributed by atoms with Crippen molar-refractivity contribution in [3.8, 4) is 0 Å². The van der Waals surface area contributed by atoms with Gasteiger partial charge in [0.1, 0.15) is 6.20 Å². The highest BCUT2D eigenvalue weighted by Crippen LogP contribution is 2.28. The summed E-state index contributed by atoms with van der Waals surface area (Å²) in [7, 11) is 1.73. The normalized spacial score (nSPS) is 21.1. The fourth-order valence-corrected chi connectivity index (χ4v) is 2.04. The molecular weight excluding hydrogens is 210 g/mol. The zero-order valence-electron chi connectivity index (χ0n) is 9.38. The van der Waals surface area contributed by atoms with E-state index < -0.39 is 0 Å². The predicted octanol–water partition coefficient (Wildman–Crippen LogP) is 0.126. The van der Waals surface area contributed by atoms with E-state index in [9.17, 15) is 10.1 Å². The Labute approximate surface area is 93.2 Å². The highest BCUT2D eigenvalue weighted by Gasteiger charge is 2.29. The van der Waals surface area contributed by atoms with Gasteiger partial charge in [0.15, 0.2) is 0 Å². The van der Waals surface area contributed by atoms with Crippen LogP contribution in [0.15, 0.2) is 6.20 Å². The number of nitro groups is 1. The number of aryl methyl sites for hydroxylation is 1. The molecule has 0 saturated carbocycles. The van der Waals surface area contributed by atoms with Crippen molar-refractivity contribution >= 4 is 11.5 Å². The second-order valence-corrected chi connectivity index (χ2v) is 3.98. The van der Waals surface area contributed by atoms with Crippen molar-refractivity contribution in [2.75, 3.05) is 24.5 Å². The van der Waals surface area contributed by atoms with Crippen LogP contribution in [0.3, 0.4) is 0 Å². The molecule has 2 rings (SSSR count). The summed E-state index contributed by atoms with van der Waals surface area (Å²) in [4.78, 5) is 12.5. The van der Waals surface area contributed by atoms with Gasteiger partial charge >= 0.3 is 5.69 Å². The highest BCUT2D eigenvalue weighted by atomic mass is 16.6. The van der Waals surface area contributed by atoms with Crippen LogP contribution < -0.4 is 10.2 Å². The van der Waals surface area contributed by atoms with E-state index in [1.807, 2.05) is 11.8 Å². The molecule has 1 fully saturated rings. The van der Waals surface area contributed by atoms with Crippen LogP contribution in [-0.2, 0) is 7.05 Å². The maximum absolute atomic E-state index is 10.9. The summed E-state index contributed by atoms with van der Waals surface area (Å²) in [5, 5.41) is 18.1. The summed E-state index contributed by atoms with van der Waals surface area (Å²) >= 11 is 0. The molecule has 2 heterocycles. The number of hydrogen-bond acceptors (Lipinski definition) is 5. The Hall–Kier alpha value is -1.63. The van der Waals surface area contributed by atoms with Gasteiger partial charge in [-0.2, -0.15) is 5.10 Å². The molecule has 0 aliphatic carbocycles. The van der Waals surface area contributed by atoms with E-state index >= 15 is 0 Å². The first kappa shape index (κ1) is 10.9. The molecule has 16 heavy (non-hydrogen) atoms. The third-order valence-corrected chi connectivity index (χ3v) is 2.86. The van der Waals surface area contributed by atoms with Gasteiger partial charge in [0.2, 0.25) is 5.82 Å². The molecule has 1 aliphatic heterocycles. The molecule has 7 nitrogen and oxygen atoms in total. The zero-order valence-corrected chi connectivity index (χ0v) is 9.38. The fourth-order valence-electron chi connectivity index (χ4n) is 2.04. The lowest BCUT2D eigenvalue weighted by Gasteiger charge is -2.34. The van der Waals surface area contributed by atoms with Gasteiger partial charge in [-0.25, -0.2) is 4.68 Å². The van der Waals surface area contributed by atoms with Crippen LogP contribution in [0.2, 0.25) is 0 Å². The minimum atomic E-state index is -0.378. The molecule has 1 aliphatic rings. The third-order valence-electron chi connectivity index (χ3n) is 2.86. The van der Waals surface area contributed by atoms with E-state index in [1.165, 1.54) is 6.20 Å². The second kappa shape index (κ2) is 4.09. The maximum atomic E-state index is 10.9. The van der Waals surface area contributed by atoms with Crippen LogP contribution in [0.25, 0.3) is 0 Å². The topological polar surface area (TPSA) is 76.2 Å². The van der Waals surface area contributed by atoms with Gasteiger partial charge in [-0.1, -0.05) is 0 Å². The van der Waals surface area contributed by atoms with E-state index in [2.05, 4.69) is 10.4 Å². The number of piperazine rings is 1. The quantitative estimate of drug-likeness (QED) is 0.571. The van der Waals surface area contributed by atoms with Crippen LogP contribution in [0.1, 0.15) is 6.92 Å². The van der Waals surface area contributed by atoms with Crippen LogP contribution in [0.4, 0.5) is 11.5 Å². The second-order valence-electron chi connectivity index (χ2n) is 3.98. The summed E-state index contributed by atoms with van der Waals surface area (Å²) < 4.78 is 1.57. The largest absolute Gasteiger partial charge is 0.346 e. The Morgan fingerprint density at radius 2 is 2.44 bits per heavy atom. The van der Waals surface area contributed by atoms with Crippen LogP contribution in [-0.4, -0.2) is 40.4 Å². The number of rotatable bonds is 2. The molecule has 0 spiro atoms. The van der Waals surface area contributed by atoms with Gasteiger partial charge in [0.05, 0.1) is 4.92 Å².